The van der Waals surface area contributed by atoms with Crippen molar-refractivity contribution in [2.75, 3.05) is 5.75 Å². The van der Waals surface area contributed by atoms with Gasteiger partial charge in [-0.2, -0.15) is 0 Å². The molecule has 1 N–H and O–H groups in total. The lowest BCUT2D eigenvalue weighted by atomic mass is 10.1. The number of hydrogen-bond acceptors (Lipinski definition) is 6. The monoisotopic (exact) mass is 284 g/mol. The summed E-state index contributed by atoms with van der Waals surface area (Å²) in [6.45, 7) is 0. The molecule has 1 aromatic rings. The zero-order chi connectivity index (χ0) is 14.2. The number of carbonyl (C=O) groups is 3. The first-order valence-corrected chi connectivity index (χ1v) is 6.81. The second kappa shape index (κ2) is 4.47. The van der Waals surface area contributed by atoms with Crippen molar-refractivity contribution in [1.29, 1.82) is 0 Å². The number of rotatable bonds is 4. The normalized spacial score (nSPS) is 14.1. The van der Waals surface area contributed by atoms with Gasteiger partial charge in [-0.1, -0.05) is 0 Å². The van der Waals surface area contributed by atoms with Crippen LogP contribution in [0, 0.1) is 0 Å². The Balaban J connectivity index is 2.38. The maximum absolute atomic E-state index is 11.8. The quantitative estimate of drug-likeness (QED) is 0.622. The van der Waals surface area contributed by atoms with Crippen molar-refractivity contribution in [3.63, 3.8) is 0 Å². The molecule has 1 aliphatic rings. The van der Waals surface area contributed by atoms with E-state index in [1.165, 1.54) is 6.07 Å². The van der Waals surface area contributed by atoms with Gasteiger partial charge in [-0.15, -0.1) is 0 Å². The summed E-state index contributed by atoms with van der Waals surface area (Å²) >= 11 is 0. The summed E-state index contributed by atoms with van der Waals surface area (Å²) in [7, 11) is -3.82. The van der Waals surface area contributed by atoms with Crippen LogP contribution in [-0.4, -0.2) is 37.2 Å². The third-order valence-corrected chi connectivity index (χ3v) is 4.27. The molecular weight excluding hydrogens is 276 g/mol. The van der Waals surface area contributed by atoms with Gasteiger partial charge >= 0.3 is 17.9 Å². The second-order valence-electron chi connectivity index (χ2n) is 3.85. The molecule has 0 amide bonds. The van der Waals surface area contributed by atoms with Crippen LogP contribution >= 0.6 is 0 Å². The van der Waals surface area contributed by atoms with E-state index in [1.54, 1.807) is 0 Å². The number of hydrogen-bond donors (Lipinski definition) is 1. The third kappa shape index (κ3) is 2.48. The van der Waals surface area contributed by atoms with Gasteiger partial charge in [-0.3, -0.25) is 4.79 Å². The Kier molecular flexibility index (Phi) is 3.11. The van der Waals surface area contributed by atoms with Crippen molar-refractivity contribution in [1.82, 2.24) is 0 Å². The van der Waals surface area contributed by atoms with Crippen molar-refractivity contribution in [2.24, 2.45) is 0 Å². The number of esters is 2. The molecule has 0 unspecified atom stereocenters. The summed E-state index contributed by atoms with van der Waals surface area (Å²) < 4.78 is 28.0. The molecule has 0 saturated carbocycles. The summed E-state index contributed by atoms with van der Waals surface area (Å²) in [6, 6.07) is 3.35. The number of benzene rings is 1. The maximum atomic E-state index is 11.8. The Hall–Kier alpha value is -2.22. The van der Waals surface area contributed by atoms with Crippen LogP contribution in [0.25, 0.3) is 0 Å². The third-order valence-electron chi connectivity index (χ3n) is 2.56. The highest BCUT2D eigenvalue weighted by molar-refractivity contribution is 7.91. The SMILES string of the molecule is O=C(O)CCS(=O)(=O)c1ccc2c(c1)C(=O)OC2=O. The Labute approximate surface area is 107 Å². The van der Waals surface area contributed by atoms with E-state index in [1.807, 2.05) is 0 Å². The highest BCUT2D eigenvalue weighted by Gasteiger charge is 2.31. The largest absolute Gasteiger partial charge is 0.481 e. The van der Waals surface area contributed by atoms with Crippen LogP contribution in [0.4, 0.5) is 0 Å². The molecule has 0 radical (unpaired) electrons. The number of fused-ring (bicyclic) bond motifs is 1. The van der Waals surface area contributed by atoms with Crippen molar-refractivity contribution in [3.8, 4) is 0 Å². The van der Waals surface area contributed by atoms with Crippen molar-refractivity contribution in [3.05, 3.63) is 29.3 Å². The molecule has 7 nitrogen and oxygen atoms in total. The standard InChI is InChI=1S/C11H8O7S/c12-9(13)3-4-19(16,17)6-1-2-7-8(5-6)11(15)18-10(7)14/h1-2,5H,3-4H2,(H,12,13). The molecule has 0 aliphatic carbocycles. The summed E-state index contributed by atoms with van der Waals surface area (Å²) in [5, 5.41) is 8.47. The predicted octanol–water partition coefficient (Wildman–Crippen LogP) is 0.246. The molecule has 8 heteroatoms. The van der Waals surface area contributed by atoms with Gasteiger partial charge in [0.15, 0.2) is 9.84 Å². The summed E-state index contributed by atoms with van der Waals surface area (Å²) in [4.78, 5) is 32.6. The minimum absolute atomic E-state index is 0.00202. The minimum Gasteiger partial charge on any atom is -0.481 e. The summed E-state index contributed by atoms with van der Waals surface area (Å²) in [5.74, 6) is -3.55. The molecule has 100 valence electrons. The topological polar surface area (TPSA) is 115 Å². The fraction of sp³-hybridized carbons (Fsp3) is 0.182. The van der Waals surface area contributed by atoms with Gasteiger partial charge in [0.25, 0.3) is 0 Å². The molecule has 0 bridgehead atoms. The van der Waals surface area contributed by atoms with E-state index in [0.29, 0.717) is 0 Å². The molecule has 0 fully saturated rings. The average Bonchev–Trinajstić information content (AvgIpc) is 2.62. The van der Waals surface area contributed by atoms with E-state index in [0.717, 1.165) is 12.1 Å². The first-order valence-electron chi connectivity index (χ1n) is 5.16. The number of carbonyl (C=O) groups excluding carboxylic acids is 2. The lowest BCUT2D eigenvalue weighted by molar-refractivity contribution is -0.136. The molecule has 0 spiro atoms. The predicted molar refractivity (Wildman–Crippen MR) is 60.5 cm³/mol. The number of sulfone groups is 1. The smallest absolute Gasteiger partial charge is 0.346 e. The van der Waals surface area contributed by atoms with Gasteiger partial charge in [-0.05, 0) is 18.2 Å². The van der Waals surface area contributed by atoms with Crippen LogP contribution in [0.15, 0.2) is 23.1 Å². The molecule has 0 aromatic heterocycles. The van der Waals surface area contributed by atoms with E-state index < -0.39 is 39.9 Å². The van der Waals surface area contributed by atoms with E-state index in [-0.39, 0.29) is 16.0 Å². The summed E-state index contributed by atoms with van der Waals surface area (Å²) in [5.41, 5.74) is -0.122. The Bertz CT molecular complexity index is 687. The number of carboxylic acids is 1. The molecule has 2 rings (SSSR count). The molecule has 19 heavy (non-hydrogen) atoms. The van der Waals surface area contributed by atoms with Crippen molar-refractivity contribution >= 4 is 27.7 Å². The van der Waals surface area contributed by atoms with Gasteiger partial charge in [0.2, 0.25) is 0 Å². The lowest BCUT2D eigenvalue weighted by Gasteiger charge is -2.03. The molecular formula is C11H8O7S. The van der Waals surface area contributed by atoms with E-state index >= 15 is 0 Å². The highest BCUT2D eigenvalue weighted by atomic mass is 32.2. The second-order valence-corrected chi connectivity index (χ2v) is 5.96. The Morgan fingerprint density at radius 2 is 1.79 bits per heavy atom. The van der Waals surface area contributed by atoms with Crippen LogP contribution in [-0.2, 0) is 19.4 Å². The minimum atomic E-state index is -3.82. The van der Waals surface area contributed by atoms with Gasteiger partial charge in [0, 0.05) is 0 Å². The zero-order valence-corrected chi connectivity index (χ0v) is 10.3. The van der Waals surface area contributed by atoms with Gasteiger partial charge in [0.1, 0.15) is 0 Å². The molecule has 0 atom stereocenters. The Morgan fingerprint density at radius 1 is 1.16 bits per heavy atom. The zero-order valence-electron chi connectivity index (χ0n) is 9.45. The van der Waals surface area contributed by atoms with Crippen molar-refractivity contribution < 1.29 is 32.6 Å². The fourth-order valence-electron chi connectivity index (χ4n) is 1.60. The first-order chi connectivity index (χ1) is 8.81. The van der Waals surface area contributed by atoms with Crippen LogP contribution in [0.3, 0.4) is 0 Å². The average molecular weight is 284 g/mol. The van der Waals surface area contributed by atoms with E-state index in [2.05, 4.69) is 4.74 Å². The van der Waals surface area contributed by atoms with Crippen LogP contribution in [0.5, 0.6) is 0 Å². The molecule has 1 heterocycles. The van der Waals surface area contributed by atoms with Crippen molar-refractivity contribution in [2.45, 2.75) is 11.3 Å². The van der Waals surface area contributed by atoms with Gasteiger partial charge in [0.05, 0.1) is 28.2 Å². The van der Waals surface area contributed by atoms with E-state index in [9.17, 15) is 22.8 Å². The molecule has 1 aromatic carbocycles. The van der Waals surface area contributed by atoms with Crippen LogP contribution in [0.2, 0.25) is 0 Å². The number of cyclic esters (lactones) is 2. The lowest BCUT2D eigenvalue weighted by Crippen LogP contribution is -2.11. The van der Waals surface area contributed by atoms with Crippen LogP contribution in [0.1, 0.15) is 27.1 Å². The fourth-order valence-corrected chi connectivity index (χ4v) is 2.85. The van der Waals surface area contributed by atoms with E-state index in [4.69, 9.17) is 5.11 Å². The Morgan fingerprint density at radius 3 is 2.42 bits per heavy atom. The van der Waals surface area contributed by atoms with Gasteiger partial charge < -0.3 is 9.84 Å². The first kappa shape index (κ1) is 13.2. The van der Waals surface area contributed by atoms with Gasteiger partial charge in [-0.25, -0.2) is 18.0 Å². The molecule has 0 saturated heterocycles. The number of carboxylic acid groups (broad SMARTS) is 1. The molecule has 1 aliphatic heterocycles. The highest BCUT2D eigenvalue weighted by Crippen LogP contribution is 2.24. The summed E-state index contributed by atoms with van der Waals surface area (Å²) in [6.07, 6.45) is -0.539. The van der Waals surface area contributed by atoms with Crippen LogP contribution < -0.4 is 0 Å². The number of aliphatic carboxylic acids is 1. The number of ether oxygens (including phenoxy) is 1. The maximum Gasteiger partial charge on any atom is 0.346 e.